The standard InChI is InChI=1S/C17H20N2O4/c1-3-21-17(20)16-10(2)14-13(23-16)5-4-11-8-19(18-15(11)14)9-12-6-7-22-12/h8,12H,3-7,9H2,1-2H3/t12-/m0/s1. The van der Waals surface area contributed by atoms with Crippen LogP contribution >= 0.6 is 0 Å². The third kappa shape index (κ3) is 2.37. The summed E-state index contributed by atoms with van der Waals surface area (Å²) >= 11 is 0. The summed E-state index contributed by atoms with van der Waals surface area (Å²) in [5.74, 6) is 0.744. The molecule has 0 radical (unpaired) electrons. The molecule has 2 aromatic heterocycles. The number of carbonyl (C=O) groups is 1. The smallest absolute Gasteiger partial charge is 0.374 e. The molecule has 6 heteroatoms. The van der Waals surface area contributed by atoms with E-state index < -0.39 is 5.97 Å². The van der Waals surface area contributed by atoms with Crippen LogP contribution in [0.1, 0.15) is 40.8 Å². The molecule has 1 aliphatic carbocycles. The van der Waals surface area contributed by atoms with Crippen LogP contribution in [0.15, 0.2) is 10.6 Å². The predicted octanol–water partition coefficient (Wildman–Crippen LogP) is 2.52. The summed E-state index contributed by atoms with van der Waals surface area (Å²) in [6.45, 7) is 5.66. The zero-order chi connectivity index (χ0) is 16.0. The Morgan fingerprint density at radius 2 is 2.30 bits per heavy atom. The van der Waals surface area contributed by atoms with Crippen LogP contribution in [0.3, 0.4) is 0 Å². The zero-order valence-electron chi connectivity index (χ0n) is 13.4. The Labute approximate surface area is 134 Å². The van der Waals surface area contributed by atoms with Gasteiger partial charge in [-0.05, 0) is 32.3 Å². The van der Waals surface area contributed by atoms with Crippen LogP contribution in [-0.4, -0.2) is 35.1 Å². The minimum absolute atomic E-state index is 0.274. The number of ether oxygens (including phenoxy) is 2. The van der Waals surface area contributed by atoms with Gasteiger partial charge in [-0.2, -0.15) is 5.10 Å². The molecule has 0 spiro atoms. The van der Waals surface area contributed by atoms with E-state index in [0.717, 1.165) is 55.0 Å². The number of hydrogen-bond donors (Lipinski definition) is 0. The Bertz CT molecular complexity index is 755. The van der Waals surface area contributed by atoms with Crippen molar-refractivity contribution in [3.05, 3.63) is 28.8 Å². The molecule has 1 aliphatic heterocycles. The molecule has 6 nitrogen and oxygen atoms in total. The molecule has 0 saturated carbocycles. The van der Waals surface area contributed by atoms with Gasteiger partial charge in [0.15, 0.2) is 0 Å². The normalized spacial score (nSPS) is 19.0. The molecule has 1 saturated heterocycles. The number of aromatic nitrogens is 2. The fourth-order valence-electron chi connectivity index (χ4n) is 3.29. The maximum atomic E-state index is 12.0. The van der Waals surface area contributed by atoms with Gasteiger partial charge in [0.05, 0.1) is 24.9 Å². The molecular formula is C17H20N2O4. The number of hydrogen-bond acceptors (Lipinski definition) is 5. The fourth-order valence-corrected chi connectivity index (χ4v) is 3.29. The van der Waals surface area contributed by atoms with E-state index in [9.17, 15) is 4.79 Å². The monoisotopic (exact) mass is 316 g/mol. The number of carbonyl (C=O) groups excluding carboxylic acids is 1. The molecule has 2 aromatic rings. The predicted molar refractivity (Wildman–Crippen MR) is 82.4 cm³/mol. The molecule has 23 heavy (non-hydrogen) atoms. The van der Waals surface area contributed by atoms with Crippen molar-refractivity contribution in [1.82, 2.24) is 9.78 Å². The van der Waals surface area contributed by atoms with Gasteiger partial charge in [-0.1, -0.05) is 0 Å². The van der Waals surface area contributed by atoms with Gasteiger partial charge < -0.3 is 13.9 Å². The Balaban J connectivity index is 1.69. The largest absolute Gasteiger partial charge is 0.460 e. The Morgan fingerprint density at radius 1 is 1.48 bits per heavy atom. The molecule has 0 bridgehead atoms. The first-order valence-corrected chi connectivity index (χ1v) is 8.15. The van der Waals surface area contributed by atoms with E-state index in [-0.39, 0.29) is 6.10 Å². The van der Waals surface area contributed by atoms with E-state index in [1.54, 1.807) is 6.92 Å². The van der Waals surface area contributed by atoms with Crippen LogP contribution in [0.2, 0.25) is 0 Å². The third-order valence-corrected chi connectivity index (χ3v) is 4.56. The highest BCUT2D eigenvalue weighted by Crippen LogP contribution is 2.38. The second kappa shape index (κ2) is 5.53. The third-order valence-electron chi connectivity index (χ3n) is 4.56. The fraction of sp³-hybridized carbons (Fsp3) is 0.529. The highest BCUT2D eigenvalue weighted by molar-refractivity contribution is 5.91. The number of fused-ring (bicyclic) bond motifs is 3. The molecule has 0 amide bonds. The summed E-state index contributed by atoms with van der Waals surface area (Å²) in [6, 6.07) is 0. The molecule has 0 aromatic carbocycles. The van der Waals surface area contributed by atoms with Crippen molar-refractivity contribution in [2.75, 3.05) is 13.2 Å². The molecular weight excluding hydrogens is 296 g/mol. The Morgan fingerprint density at radius 3 is 3.00 bits per heavy atom. The van der Waals surface area contributed by atoms with Crippen LogP contribution in [0.4, 0.5) is 0 Å². The van der Waals surface area contributed by atoms with E-state index in [1.807, 2.05) is 11.6 Å². The van der Waals surface area contributed by atoms with E-state index in [1.165, 1.54) is 5.56 Å². The van der Waals surface area contributed by atoms with Gasteiger partial charge in [-0.25, -0.2) is 4.79 Å². The number of nitrogens with zero attached hydrogens (tertiary/aromatic N) is 2. The topological polar surface area (TPSA) is 66.5 Å². The first-order chi connectivity index (χ1) is 11.2. The zero-order valence-corrected chi connectivity index (χ0v) is 13.4. The summed E-state index contributed by atoms with van der Waals surface area (Å²) in [4.78, 5) is 12.0. The second-order valence-corrected chi connectivity index (χ2v) is 6.08. The second-order valence-electron chi connectivity index (χ2n) is 6.08. The number of furan rings is 1. The first kappa shape index (κ1) is 14.5. The average molecular weight is 316 g/mol. The lowest BCUT2D eigenvalue weighted by atomic mass is 9.94. The van der Waals surface area contributed by atoms with Crippen LogP contribution < -0.4 is 0 Å². The van der Waals surface area contributed by atoms with Crippen LogP contribution in [0, 0.1) is 6.92 Å². The van der Waals surface area contributed by atoms with Crippen molar-refractivity contribution in [3.8, 4) is 11.3 Å². The van der Waals surface area contributed by atoms with Crippen molar-refractivity contribution in [1.29, 1.82) is 0 Å². The van der Waals surface area contributed by atoms with E-state index in [2.05, 4.69) is 6.20 Å². The maximum Gasteiger partial charge on any atom is 0.374 e. The van der Waals surface area contributed by atoms with Crippen molar-refractivity contribution in [2.45, 2.75) is 45.8 Å². The van der Waals surface area contributed by atoms with Crippen molar-refractivity contribution < 1.29 is 18.7 Å². The van der Waals surface area contributed by atoms with E-state index in [4.69, 9.17) is 19.0 Å². The van der Waals surface area contributed by atoms with Crippen LogP contribution in [-0.2, 0) is 28.9 Å². The van der Waals surface area contributed by atoms with Crippen LogP contribution in [0.25, 0.3) is 11.3 Å². The first-order valence-electron chi connectivity index (χ1n) is 8.15. The molecule has 2 aliphatic rings. The average Bonchev–Trinajstić information content (AvgIpc) is 3.04. The van der Waals surface area contributed by atoms with Gasteiger partial charge in [-0.3, -0.25) is 4.68 Å². The molecule has 1 fully saturated rings. The molecule has 0 N–H and O–H groups in total. The van der Waals surface area contributed by atoms with Crippen LogP contribution in [0.5, 0.6) is 0 Å². The van der Waals surface area contributed by atoms with Gasteiger partial charge in [-0.15, -0.1) is 0 Å². The van der Waals surface area contributed by atoms with Gasteiger partial charge >= 0.3 is 5.97 Å². The number of esters is 1. The summed E-state index contributed by atoms with van der Waals surface area (Å²) in [5.41, 5.74) is 3.92. The quantitative estimate of drug-likeness (QED) is 0.811. The minimum atomic E-state index is -0.400. The van der Waals surface area contributed by atoms with Gasteiger partial charge in [0, 0.05) is 30.4 Å². The summed E-state index contributed by atoms with van der Waals surface area (Å²) in [6.07, 6.45) is 5.12. The van der Waals surface area contributed by atoms with E-state index in [0.29, 0.717) is 12.4 Å². The summed E-state index contributed by atoms with van der Waals surface area (Å²) < 4.78 is 18.3. The highest BCUT2D eigenvalue weighted by Gasteiger charge is 2.30. The molecule has 4 rings (SSSR count). The number of aryl methyl sites for hydroxylation is 2. The minimum Gasteiger partial charge on any atom is -0.460 e. The molecule has 3 heterocycles. The van der Waals surface area contributed by atoms with Crippen molar-refractivity contribution in [2.24, 2.45) is 0 Å². The highest BCUT2D eigenvalue weighted by atomic mass is 16.5. The van der Waals surface area contributed by atoms with Gasteiger partial charge in [0.2, 0.25) is 5.76 Å². The van der Waals surface area contributed by atoms with Gasteiger partial charge in [0.1, 0.15) is 5.76 Å². The van der Waals surface area contributed by atoms with Crippen molar-refractivity contribution >= 4 is 5.97 Å². The maximum absolute atomic E-state index is 12.0. The summed E-state index contributed by atoms with van der Waals surface area (Å²) in [5, 5.41) is 4.72. The SMILES string of the molecule is CCOC(=O)c1oc2c(c1C)-c1nn(C[C@@H]3CCO3)cc1CC2. The molecule has 0 unspecified atom stereocenters. The Hall–Kier alpha value is -2.08. The Kier molecular flexibility index (Phi) is 3.49. The summed E-state index contributed by atoms with van der Waals surface area (Å²) in [7, 11) is 0. The molecule has 1 atom stereocenters. The van der Waals surface area contributed by atoms with E-state index >= 15 is 0 Å². The van der Waals surface area contributed by atoms with Crippen molar-refractivity contribution in [3.63, 3.8) is 0 Å². The van der Waals surface area contributed by atoms with Gasteiger partial charge in [0.25, 0.3) is 0 Å². The number of rotatable bonds is 4. The lowest BCUT2D eigenvalue weighted by Crippen LogP contribution is -2.31. The molecule has 122 valence electrons. The lowest BCUT2D eigenvalue weighted by molar-refractivity contribution is -0.0608. The lowest BCUT2D eigenvalue weighted by Gasteiger charge is -2.26.